The third-order valence-electron chi connectivity index (χ3n) is 2.59. The number of nitrogens with one attached hydrogen (secondary N) is 1. The van der Waals surface area contributed by atoms with Crippen LogP contribution in [-0.2, 0) is 0 Å². The summed E-state index contributed by atoms with van der Waals surface area (Å²) in [5.74, 6) is 0.907. The Balaban J connectivity index is 2.13. The van der Waals surface area contributed by atoms with E-state index in [2.05, 4.69) is 39.7 Å². The highest BCUT2D eigenvalue weighted by molar-refractivity contribution is 7.10. The first kappa shape index (κ1) is 12.0. The topological polar surface area (TPSA) is 37.8 Å². The van der Waals surface area contributed by atoms with E-state index >= 15 is 0 Å². The van der Waals surface area contributed by atoms with Gasteiger partial charge < -0.3 is 5.32 Å². The van der Waals surface area contributed by atoms with Crippen LogP contribution in [0.5, 0.6) is 0 Å². The molecule has 1 atom stereocenters. The molecular formula is C13H17N3S. The first-order chi connectivity index (χ1) is 8.29. The van der Waals surface area contributed by atoms with Crippen LogP contribution < -0.4 is 5.32 Å². The molecule has 0 aliphatic carbocycles. The number of hydrogen-bond donors (Lipinski definition) is 1. The van der Waals surface area contributed by atoms with E-state index in [1.807, 2.05) is 13.0 Å². The van der Waals surface area contributed by atoms with Gasteiger partial charge in [-0.3, -0.25) is 0 Å². The fourth-order valence-electron chi connectivity index (χ4n) is 1.78. The number of hydrogen-bond acceptors (Lipinski definition) is 4. The number of aryl methyl sites for hydroxylation is 1. The molecule has 0 aromatic carbocycles. The fraction of sp³-hybridized carbons (Fsp3) is 0.385. The SMILES string of the molecule is CCCC(Nc1cc(C)ncn1)c1cccs1. The summed E-state index contributed by atoms with van der Waals surface area (Å²) in [6.07, 6.45) is 3.87. The summed E-state index contributed by atoms with van der Waals surface area (Å²) in [5.41, 5.74) is 0.990. The molecule has 0 spiro atoms. The van der Waals surface area contributed by atoms with Gasteiger partial charge in [0.1, 0.15) is 12.1 Å². The van der Waals surface area contributed by atoms with Crippen molar-refractivity contribution in [3.63, 3.8) is 0 Å². The summed E-state index contributed by atoms with van der Waals surface area (Å²) < 4.78 is 0. The Labute approximate surface area is 106 Å². The van der Waals surface area contributed by atoms with E-state index in [9.17, 15) is 0 Å². The Morgan fingerprint density at radius 1 is 1.41 bits per heavy atom. The van der Waals surface area contributed by atoms with Crippen molar-refractivity contribution in [1.82, 2.24) is 9.97 Å². The molecule has 2 aromatic rings. The van der Waals surface area contributed by atoms with Gasteiger partial charge in [0, 0.05) is 16.6 Å². The van der Waals surface area contributed by atoms with Crippen LogP contribution in [0.1, 0.15) is 36.4 Å². The minimum absolute atomic E-state index is 0.356. The highest BCUT2D eigenvalue weighted by Gasteiger charge is 2.11. The highest BCUT2D eigenvalue weighted by Crippen LogP contribution is 2.26. The molecule has 2 aromatic heterocycles. The van der Waals surface area contributed by atoms with Crippen molar-refractivity contribution in [2.45, 2.75) is 32.7 Å². The van der Waals surface area contributed by atoms with Crippen molar-refractivity contribution in [1.29, 1.82) is 0 Å². The molecule has 0 saturated carbocycles. The molecular weight excluding hydrogens is 230 g/mol. The number of rotatable bonds is 5. The first-order valence-corrected chi connectivity index (χ1v) is 6.76. The van der Waals surface area contributed by atoms with E-state index in [4.69, 9.17) is 0 Å². The van der Waals surface area contributed by atoms with Crippen LogP contribution in [0, 0.1) is 6.92 Å². The van der Waals surface area contributed by atoms with E-state index in [1.54, 1.807) is 17.7 Å². The van der Waals surface area contributed by atoms with Gasteiger partial charge in [0.2, 0.25) is 0 Å². The third-order valence-corrected chi connectivity index (χ3v) is 3.58. The van der Waals surface area contributed by atoms with Gasteiger partial charge in [0.25, 0.3) is 0 Å². The molecule has 0 amide bonds. The second kappa shape index (κ2) is 5.77. The van der Waals surface area contributed by atoms with Crippen LogP contribution in [0.4, 0.5) is 5.82 Å². The van der Waals surface area contributed by atoms with Crippen molar-refractivity contribution in [2.24, 2.45) is 0 Å². The molecule has 0 saturated heterocycles. The standard InChI is InChI=1S/C13H17N3S/c1-3-5-11(12-6-4-7-17-12)16-13-8-10(2)14-9-15-13/h4,6-9,11H,3,5H2,1-2H3,(H,14,15,16). The summed E-state index contributed by atoms with van der Waals surface area (Å²) in [6.45, 7) is 4.18. The Kier molecular flexibility index (Phi) is 4.09. The summed E-state index contributed by atoms with van der Waals surface area (Å²) in [7, 11) is 0. The summed E-state index contributed by atoms with van der Waals surface area (Å²) in [6, 6.07) is 6.60. The average Bonchev–Trinajstić information content (AvgIpc) is 2.82. The summed E-state index contributed by atoms with van der Waals surface area (Å²) in [5, 5.41) is 5.60. The molecule has 0 radical (unpaired) electrons. The Morgan fingerprint density at radius 3 is 2.94 bits per heavy atom. The van der Waals surface area contributed by atoms with E-state index in [1.165, 1.54) is 4.88 Å². The number of nitrogens with zero attached hydrogens (tertiary/aromatic N) is 2. The van der Waals surface area contributed by atoms with Crippen molar-refractivity contribution in [3.8, 4) is 0 Å². The lowest BCUT2D eigenvalue weighted by atomic mass is 10.1. The molecule has 1 unspecified atom stereocenters. The van der Waals surface area contributed by atoms with E-state index in [0.717, 1.165) is 24.4 Å². The Morgan fingerprint density at radius 2 is 2.29 bits per heavy atom. The molecule has 90 valence electrons. The minimum Gasteiger partial charge on any atom is -0.362 e. The predicted molar refractivity (Wildman–Crippen MR) is 72.4 cm³/mol. The van der Waals surface area contributed by atoms with Crippen LogP contribution in [0.3, 0.4) is 0 Å². The normalized spacial score (nSPS) is 12.4. The minimum atomic E-state index is 0.356. The van der Waals surface area contributed by atoms with Gasteiger partial charge in [-0.25, -0.2) is 9.97 Å². The fourth-order valence-corrected chi connectivity index (χ4v) is 2.59. The first-order valence-electron chi connectivity index (χ1n) is 5.88. The number of anilines is 1. The van der Waals surface area contributed by atoms with Crippen molar-refractivity contribution >= 4 is 17.2 Å². The zero-order valence-corrected chi connectivity index (χ0v) is 11.0. The molecule has 4 heteroatoms. The van der Waals surface area contributed by atoms with Gasteiger partial charge in [-0.2, -0.15) is 0 Å². The summed E-state index contributed by atoms with van der Waals surface area (Å²) in [4.78, 5) is 9.73. The van der Waals surface area contributed by atoms with Crippen molar-refractivity contribution in [2.75, 3.05) is 5.32 Å². The van der Waals surface area contributed by atoms with E-state index in [-0.39, 0.29) is 0 Å². The van der Waals surface area contributed by atoms with Crippen LogP contribution in [0.15, 0.2) is 29.9 Å². The van der Waals surface area contributed by atoms with Crippen LogP contribution in [-0.4, -0.2) is 9.97 Å². The van der Waals surface area contributed by atoms with Crippen LogP contribution in [0.25, 0.3) is 0 Å². The molecule has 3 nitrogen and oxygen atoms in total. The molecule has 0 bridgehead atoms. The number of aromatic nitrogens is 2. The zero-order chi connectivity index (χ0) is 12.1. The second-order valence-corrected chi connectivity index (χ2v) is 5.02. The largest absolute Gasteiger partial charge is 0.362 e. The molecule has 2 heterocycles. The quantitative estimate of drug-likeness (QED) is 0.873. The van der Waals surface area contributed by atoms with Crippen molar-refractivity contribution < 1.29 is 0 Å². The third kappa shape index (κ3) is 3.27. The highest BCUT2D eigenvalue weighted by atomic mass is 32.1. The van der Waals surface area contributed by atoms with Gasteiger partial charge in [-0.05, 0) is 24.8 Å². The molecule has 2 rings (SSSR count). The van der Waals surface area contributed by atoms with Gasteiger partial charge in [-0.15, -0.1) is 11.3 Å². The maximum atomic E-state index is 4.25. The molecule has 1 N–H and O–H groups in total. The van der Waals surface area contributed by atoms with Gasteiger partial charge >= 0.3 is 0 Å². The zero-order valence-electron chi connectivity index (χ0n) is 10.2. The van der Waals surface area contributed by atoms with Gasteiger partial charge in [0.05, 0.1) is 6.04 Å². The molecule has 17 heavy (non-hydrogen) atoms. The monoisotopic (exact) mass is 247 g/mol. The average molecular weight is 247 g/mol. The molecule has 0 aliphatic heterocycles. The van der Waals surface area contributed by atoms with Gasteiger partial charge in [-0.1, -0.05) is 19.4 Å². The smallest absolute Gasteiger partial charge is 0.130 e. The lowest BCUT2D eigenvalue weighted by Gasteiger charge is -2.17. The van der Waals surface area contributed by atoms with Crippen LogP contribution >= 0.6 is 11.3 Å². The Bertz CT molecular complexity index is 453. The van der Waals surface area contributed by atoms with Gasteiger partial charge in [0.15, 0.2) is 0 Å². The van der Waals surface area contributed by atoms with E-state index < -0.39 is 0 Å². The molecule has 0 fully saturated rings. The lowest BCUT2D eigenvalue weighted by Crippen LogP contribution is -2.10. The maximum Gasteiger partial charge on any atom is 0.130 e. The van der Waals surface area contributed by atoms with E-state index in [0.29, 0.717) is 6.04 Å². The second-order valence-electron chi connectivity index (χ2n) is 4.05. The lowest BCUT2D eigenvalue weighted by molar-refractivity contribution is 0.684. The van der Waals surface area contributed by atoms with Crippen molar-refractivity contribution in [3.05, 3.63) is 40.5 Å². The Hall–Kier alpha value is -1.42. The van der Waals surface area contributed by atoms with Crippen LogP contribution in [0.2, 0.25) is 0 Å². The maximum absolute atomic E-state index is 4.25. The predicted octanol–water partition coefficient (Wildman–Crippen LogP) is 3.80. The molecule has 0 aliphatic rings. The number of thiophene rings is 1. The summed E-state index contributed by atoms with van der Waals surface area (Å²) >= 11 is 1.79.